The zero-order chi connectivity index (χ0) is 19.7. The number of pyridine rings is 1. The minimum Gasteiger partial charge on any atom is -0.468 e. The van der Waals surface area contributed by atoms with Crippen LogP contribution >= 0.6 is 0 Å². The molecule has 0 aliphatic heterocycles. The first-order valence-electron chi connectivity index (χ1n) is 9.00. The number of ether oxygens (including phenoxy) is 1. The highest BCUT2D eigenvalue weighted by Gasteiger charge is 2.19. The third-order valence-corrected chi connectivity index (χ3v) is 4.65. The van der Waals surface area contributed by atoms with E-state index in [-0.39, 0.29) is 0 Å². The summed E-state index contributed by atoms with van der Waals surface area (Å²) in [5.41, 5.74) is 5.79. The summed E-state index contributed by atoms with van der Waals surface area (Å²) in [4.78, 5) is 13.9. The highest BCUT2D eigenvalue weighted by atomic mass is 16.5. The molecule has 0 N–H and O–H groups in total. The van der Waals surface area contributed by atoms with Crippen LogP contribution in [0.1, 0.15) is 31.0 Å². The van der Waals surface area contributed by atoms with Crippen LogP contribution in [0.3, 0.4) is 0 Å². The Bertz CT molecular complexity index is 1170. The molecule has 0 unspecified atom stereocenters. The molecule has 0 aliphatic rings. The van der Waals surface area contributed by atoms with E-state index in [4.69, 9.17) is 15.0 Å². The van der Waals surface area contributed by atoms with E-state index in [0.29, 0.717) is 17.5 Å². The quantitative estimate of drug-likeness (QED) is 0.531. The molecule has 0 bridgehead atoms. The molecule has 0 spiro atoms. The Hall–Kier alpha value is -3.72. The van der Waals surface area contributed by atoms with Gasteiger partial charge in [0.25, 0.3) is 0 Å². The Kier molecular flexibility index (Phi) is 4.50. The van der Waals surface area contributed by atoms with Gasteiger partial charge in [-0.3, -0.25) is 9.38 Å². The fraction of sp³-hybridized carbons (Fsp3) is 0.182. The Morgan fingerprint density at radius 2 is 1.79 bits per heavy atom. The molecule has 0 radical (unpaired) electrons. The second-order valence-corrected chi connectivity index (χ2v) is 6.76. The van der Waals surface area contributed by atoms with Crippen molar-refractivity contribution in [2.45, 2.75) is 19.8 Å². The Labute approximate surface area is 163 Å². The third kappa shape index (κ3) is 2.97. The van der Waals surface area contributed by atoms with Crippen LogP contribution in [-0.4, -0.2) is 26.5 Å². The van der Waals surface area contributed by atoms with Crippen molar-refractivity contribution in [1.82, 2.24) is 19.4 Å². The van der Waals surface area contributed by atoms with Crippen molar-refractivity contribution in [3.8, 4) is 34.5 Å². The summed E-state index contributed by atoms with van der Waals surface area (Å²) in [6.07, 6.45) is 5.41. The van der Waals surface area contributed by atoms with Gasteiger partial charge in [0.1, 0.15) is 0 Å². The normalized spacial score (nSPS) is 11.0. The van der Waals surface area contributed by atoms with Crippen LogP contribution in [0.5, 0.6) is 6.01 Å². The van der Waals surface area contributed by atoms with E-state index in [0.717, 1.165) is 33.7 Å². The van der Waals surface area contributed by atoms with E-state index in [2.05, 4.69) is 29.9 Å². The first-order chi connectivity index (χ1) is 13.6. The Morgan fingerprint density at radius 3 is 2.39 bits per heavy atom. The average Bonchev–Trinajstić information content (AvgIpc) is 3.22. The fourth-order valence-electron chi connectivity index (χ4n) is 3.17. The SMILES string of the molecule is COc1nc(-c2ccc(C#N)cc2)c(-c2ccc(C(C)C)nc2)c2nccn12. The molecule has 3 heterocycles. The monoisotopic (exact) mass is 369 g/mol. The van der Waals surface area contributed by atoms with E-state index in [1.807, 2.05) is 41.1 Å². The number of aromatic nitrogens is 4. The van der Waals surface area contributed by atoms with Gasteiger partial charge in [-0.25, -0.2) is 4.98 Å². The molecule has 1 aromatic carbocycles. The molecule has 6 nitrogen and oxygen atoms in total. The van der Waals surface area contributed by atoms with Crippen molar-refractivity contribution in [1.29, 1.82) is 5.26 Å². The zero-order valence-corrected chi connectivity index (χ0v) is 15.9. The lowest BCUT2D eigenvalue weighted by Gasteiger charge is -2.14. The molecule has 0 atom stereocenters. The van der Waals surface area contributed by atoms with Crippen molar-refractivity contribution < 1.29 is 4.74 Å². The number of nitrogens with zero attached hydrogens (tertiary/aromatic N) is 5. The molecule has 4 aromatic rings. The molecule has 0 saturated carbocycles. The van der Waals surface area contributed by atoms with Gasteiger partial charge in [-0.05, 0) is 24.1 Å². The largest absolute Gasteiger partial charge is 0.468 e. The molecule has 3 aromatic heterocycles. The van der Waals surface area contributed by atoms with Gasteiger partial charge in [-0.15, -0.1) is 0 Å². The summed E-state index contributed by atoms with van der Waals surface area (Å²) in [6.45, 7) is 4.23. The van der Waals surface area contributed by atoms with E-state index < -0.39 is 0 Å². The zero-order valence-electron chi connectivity index (χ0n) is 15.9. The van der Waals surface area contributed by atoms with Crippen molar-refractivity contribution in [2.75, 3.05) is 7.11 Å². The standard InChI is InChI=1S/C22H19N5O/c1-14(2)18-9-8-17(13-25-18)19-20(16-6-4-15(12-23)5-7-16)26-22(28-3)27-11-10-24-21(19)27/h4-11,13-14H,1-3H3. The van der Waals surface area contributed by atoms with Crippen LogP contribution < -0.4 is 4.74 Å². The molecule has 138 valence electrons. The van der Waals surface area contributed by atoms with Crippen LogP contribution in [0.15, 0.2) is 55.0 Å². The molecule has 0 amide bonds. The lowest BCUT2D eigenvalue weighted by atomic mass is 9.99. The summed E-state index contributed by atoms with van der Waals surface area (Å²) in [6, 6.07) is 14.0. The summed E-state index contributed by atoms with van der Waals surface area (Å²) in [7, 11) is 1.59. The molecule has 4 rings (SSSR count). The molecule has 28 heavy (non-hydrogen) atoms. The van der Waals surface area contributed by atoms with E-state index in [9.17, 15) is 0 Å². The maximum Gasteiger partial charge on any atom is 0.302 e. The molecular formula is C22H19N5O. The molecular weight excluding hydrogens is 350 g/mol. The molecule has 0 fully saturated rings. The number of imidazole rings is 1. The first kappa shape index (κ1) is 17.7. The van der Waals surface area contributed by atoms with Crippen LogP contribution in [0, 0.1) is 11.3 Å². The number of hydrogen-bond acceptors (Lipinski definition) is 5. The fourth-order valence-corrected chi connectivity index (χ4v) is 3.17. The van der Waals surface area contributed by atoms with Crippen molar-refractivity contribution in [3.63, 3.8) is 0 Å². The third-order valence-electron chi connectivity index (χ3n) is 4.65. The van der Waals surface area contributed by atoms with Gasteiger partial charge >= 0.3 is 6.01 Å². The van der Waals surface area contributed by atoms with Crippen molar-refractivity contribution >= 4 is 5.65 Å². The summed E-state index contributed by atoms with van der Waals surface area (Å²) < 4.78 is 7.30. The highest BCUT2D eigenvalue weighted by Crippen LogP contribution is 2.35. The first-order valence-corrected chi connectivity index (χ1v) is 9.00. The van der Waals surface area contributed by atoms with Gasteiger partial charge in [-0.2, -0.15) is 10.2 Å². The lowest BCUT2D eigenvalue weighted by molar-refractivity contribution is 0.375. The highest BCUT2D eigenvalue weighted by molar-refractivity contribution is 5.90. The summed E-state index contributed by atoms with van der Waals surface area (Å²) in [5, 5.41) is 9.09. The number of hydrogen-bond donors (Lipinski definition) is 0. The molecule has 6 heteroatoms. The number of benzene rings is 1. The number of rotatable bonds is 4. The molecule has 0 saturated heterocycles. The predicted octanol–water partition coefficient (Wildman–Crippen LogP) is 4.46. The summed E-state index contributed by atoms with van der Waals surface area (Å²) >= 11 is 0. The van der Waals surface area contributed by atoms with Gasteiger partial charge in [0.2, 0.25) is 0 Å². The number of nitriles is 1. The smallest absolute Gasteiger partial charge is 0.302 e. The lowest BCUT2D eigenvalue weighted by Crippen LogP contribution is -2.02. The van der Waals surface area contributed by atoms with Crippen LogP contribution in [-0.2, 0) is 0 Å². The minimum absolute atomic E-state index is 0.354. The number of fused-ring (bicyclic) bond motifs is 1. The topological polar surface area (TPSA) is 76.1 Å². The molecule has 0 aliphatic carbocycles. The Morgan fingerprint density at radius 1 is 1.04 bits per heavy atom. The second kappa shape index (κ2) is 7.12. The van der Waals surface area contributed by atoms with Crippen molar-refractivity contribution in [2.24, 2.45) is 0 Å². The summed E-state index contributed by atoms with van der Waals surface area (Å²) in [5.74, 6) is 0.354. The second-order valence-electron chi connectivity index (χ2n) is 6.76. The van der Waals surface area contributed by atoms with Gasteiger partial charge in [0, 0.05) is 35.4 Å². The van der Waals surface area contributed by atoms with Gasteiger partial charge < -0.3 is 4.74 Å². The number of methoxy groups -OCH3 is 1. The van der Waals surface area contributed by atoms with E-state index in [1.165, 1.54) is 0 Å². The van der Waals surface area contributed by atoms with E-state index in [1.54, 1.807) is 25.4 Å². The minimum atomic E-state index is 0.354. The maximum absolute atomic E-state index is 9.09. The maximum atomic E-state index is 9.09. The van der Waals surface area contributed by atoms with Gasteiger partial charge in [-0.1, -0.05) is 32.0 Å². The van der Waals surface area contributed by atoms with Crippen LogP contribution in [0.25, 0.3) is 28.0 Å². The van der Waals surface area contributed by atoms with Gasteiger partial charge in [0.15, 0.2) is 5.65 Å². The van der Waals surface area contributed by atoms with E-state index >= 15 is 0 Å². The van der Waals surface area contributed by atoms with Gasteiger partial charge in [0.05, 0.1) is 30.0 Å². The predicted molar refractivity (Wildman–Crippen MR) is 107 cm³/mol. The van der Waals surface area contributed by atoms with Crippen molar-refractivity contribution in [3.05, 3.63) is 66.2 Å². The van der Waals surface area contributed by atoms with Crippen LogP contribution in [0.2, 0.25) is 0 Å². The van der Waals surface area contributed by atoms with Crippen LogP contribution in [0.4, 0.5) is 0 Å². The average molecular weight is 369 g/mol. The Balaban J connectivity index is 1.99.